The first-order chi connectivity index (χ1) is 5.59. The van der Waals surface area contributed by atoms with Gasteiger partial charge in [0, 0.05) is 4.47 Å². The van der Waals surface area contributed by atoms with E-state index in [1.54, 1.807) is 6.92 Å². The quantitative estimate of drug-likeness (QED) is 0.826. The first-order valence-corrected chi connectivity index (χ1v) is 4.82. The van der Waals surface area contributed by atoms with Crippen LogP contribution in [0.15, 0.2) is 22.7 Å². The second-order valence-corrected chi connectivity index (χ2v) is 4.04. The van der Waals surface area contributed by atoms with Crippen LogP contribution in [-0.4, -0.2) is 11.2 Å². The van der Waals surface area contributed by atoms with Gasteiger partial charge >= 0.3 is 0 Å². The number of hydrogen-bond acceptors (Lipinski definition) is 1. The number of halogens is 1. The highest BCUT2D eigenvalue weighted by Gasteiger charge is 2.02. The van der Waals surface area contributed by atoms with E-state index in [0.29, 0.717) is 0 Å². The molecule has 0 aromatic heterocycles. The van der Waals surface area contributed by atoms with E-state index in [-0.39, 0.29) is 6.10 Å². The van der Waals surface area contributed by atoms with E-state index in [0.717, 1.165) is 10.9 Å². The summed E-state index contributed by atoms with van der Waals surface area (Å²) in [6, 6.07) is 6.13. The molecule has 1 N–H and O–H groups in total. The lowest BCUT2D eigenvalue weighted by Crippen LogP contribution is -2.05. The Morgan fingerprint density at radius 1 is 1.50 bits per heavy atom. The molecule has 0 spiro atoms. The smallest absolute Gasteiger partial charge is 0.0552 e. The highest BCUT2D eigenvalue weighted by atomic mass is 79.9. The van der Waals surface area contributed by atoms with E-state index in [9.17, 15) is 5.11 Å². The molecule has 12 heavy (non-hydrogen) atoms. The van der Waals surface area contributed by atoms with Crippen molar-refractivity contribution in [3.63, 3.8) is 0 Å². The summed E-state index contributed by atoms with van der Waals surface area (Å²) >= 11 is 3.40. The fraction of sp³-hybridized carbons (Fsp3) is 0.400. The third-order valence-electron chi connectivity index (χ3n) is 1.83. The Kier molecular flexibility index (Phi) is 3.29. The highest BCUT2D eigenvalue weighted by molar-refractivity contribution is 9.10. The summed E-state index contributed by atoms with van der Waals surface area (Å²) < 4.78 is 1.07. The molecule has 1 nitrogen and oxygen atoms in total. The van der Waals surface area contributed by atoms with Gasteiger partial charge in [-0.3, -0.25) is 0 Å². The van der Waals surface area contributed by atoms with Crippen molar-refractivity contribution >= 4 is 15.9 Å². The SMILES string of the molecule is Cc1ccc(Br)cc1C[C@@H](C)O. The summed E-state index contributed by atoms with van der Waals surface area (Å²) in [5, 5.41) is 9.21. The maximum absolute atomic E-state index is 9.21. The third-order valence-corrected chi connectivity index (χ3v) is 2.32. The zero-order chi connectivity index (χ0) is 9.14. The van der Waals surface area contributed by atoms with Gasteiger partial charge in [-0.25, -0.2) is 0 Å². The first kappa shape index (κ1) is 9.75. The summed E-state index contributed by atoms with van der Waals surface area (Å²) in [6.45, 7) is 3.87. The van der Waals surface area contributed by atoms with Crippen LogP contribution in [0, 0.1) is 6.92 Å². The molecule has 0 aliphatic carbocycles. The van der Waals surface area contributed by atoms with Gasteiger partial charge in [-0.05, 0) is 43.5 Å². The Morgan fingerprint density at radius 2 is 2.17 bits per heavy atom. The van der Waals surface area contributed by atoms with Crippen LogP contribution in [0.4, 0.5) is 0 Å². The second kappa shape index (κ2) is 4.06. The fourth-order valence-electron chi connectivity index (χ4n) is 1.18. The van der Waals surface area contributed by atoms with Gasteiger partial charge in [0.25, 0.3) is 0 Å². The van der Waals surface area contributed by atoms with Crippen molar-refractivity contribution in [2.24, 2.45) is 0 Å². The van der Waals surface area contributed by atoms with Gasteiger partial charge in [0.1, 0.15) is 0 Å². The number of rotatable bonds is 2. The predicted molar refractivity (Wildman–Crippen MR) is 54.3 cm³/mol. The molecule has 1 aromatic rings. The number of aryl methyl sites for hydroxylation is 1. The van der Waals surface area contributed by atoms with Crippen molar-refractivity contribution < 1.29 is 5.11 Å². The summed E-state index contributed by atoms with van der Waals surface area (Å²) in [5.41, 5.74) is 2.44. The van der Waals surface area contributed by atoms with Gasteiger partial charge in [0.15, 0.2) is 0 Å². The molecule has 0 unspecified atom stereocenters. The van der Waals surface area contributed by atoms with Crippen LogP contribution in [0.1, 0.15) is 18.1 Å². The standard InChI is InChI=1S/C10H13BrO/c1-7-3-4-10(11)6-9(7)5-8(2)12/h3-4,6,8,12H,5H2,1-2H3/t8-/m1/s1. The summed E-state index contributed by atoms with van der Waals surface area (Å²) in [4.78, 5) is 0. The van der Waals surface area contributed by atoms with Gasteiger partial charge in [-0.2, -0.15) is 0 Å². The van der Waals surface area contributed by atoms with E-state index in [1.165, 1.54) is 11.1 Å². The Balaban J connectivity index is 2.90. The zero-order valence-corrected chi connectivity index (χ0v) is 8.93. The van der Waals surface area contributed by atoms with E-state index in [2.05, 4.69) is 35.0 Å². The zero-order valence-electron chi connectivity index (χ0n) is 7.34. The molecule has 0 aliphatic rings. The van der Waals surface area contributed by atoms with Crippen molar-refractivity contribution in [1.82, 2.24) is 0 Å². The second-order valence-electron chi connectivity index (χ2n) is 3.12. The molecular weight excluding hydrogens is 216 g/mol. The molecule has 0 fully saturated rings. The summed E-state index contributed by atoms with van der Waals surface area (Å²) in [6.07, 6.45) is 0.462. The van der Waals surface area contributed by atoms with E-state index >= 15 is 0 Å². The number of hydrogen-bond donors (Lipinski definition) is 1. The van der Waals surface area contributed by atoms with Gasteiger partial charge in [-0.1, -0.05) is 22.0 Å². The lowest BCUT2D eigenvalue weighted by atomic mass is 10.0. The first-order valence-electron chi connectivity index (χ1n) is 4.02. The lowest BCUT2D eigenvalue weighted by Gasteiger charge is -2.07. The van der Waals surface area contributed by atoms with E-state index < -0.39 is 0 Å². The van der Waals surface area contributed by atoms with E-state index in [1.807, 2.05) is 6.07 Å². The van der Waals surface area contributed by atoms with Crippen LogP contribution in [0.25, 0.3) is 0 Å². The fourth-order valence-corrected chi connectivity index (χ4v) is 1.59. The molecule has 1 atom stereocenters. The molecule has 0 saturated heterocycles. The Hall–Kier alpha value is -0.340. The molecule has 66 valence electrons. The number of aliphatic hydroxyl groups is 1. The van der Waals surface area contributed by atoms with Crippen LogP contribution in [0.3, 0.4) is 0 Å². The van der Waals surface area contributed by atoms with Crippen LogP contribution < -0.4 is 0 Å². The van der Waals surface area contributed by atoms with Crippen LogP contribution in [-0.2, 0) is 6.42 Å². The van der Waals surface area contributed by atoms with Crippen molar-refractivity contribution in [2.75, 3.05) is 0 Å². The minimum atomic E-state index is -0.266. The average Bonchev–Trinajstić information content (AvgIpc) is 1.96. The molecule has 0 saturated carbocycles. The lowest BCUT2D eigenvalue weighted by molar-refractivity contribution is 0.195. The van der Waals surface area contributed by atoms with Crippen LogP contribution in [0.5, 0.6) is 0 Å². The van der Waals surface area contributed by atoms with E-state index in [4.69, 9.17) is 0 Å². The summed E-state index contributed by atoms with van der Waals surface area (Å²) in [5.74, 6) is 0. The number of benzene rings is 1. The van der Waals surface area contributed by atoms with Crippen molar-refractivity contribution in [2.45, 2.75) is 26.4 Å². The molecule has 1 aromatic carbocycles. The molecule has 0 bridgehead atoms. The van der Waals surface area contributed by atoms with Gasteiger partial charge in [-0.15, -0.1) is 0 Å². The maximum Gasteiger partial charge on any atom is 0.0552 e. The Morgan fingerprint density at radius 3 is 2.75 bits per heavy atom. The monoisotopic (exact) mass is 228 g/mol. The van der Waals surface area contributed by atoms with Crippen LogP contribution in [0.2, 0.25) is 0 Å². The normalized spacial score (nSPS) is 13.0. The Bertz CT molecular complexity index is 269. The van der Waals surface area contributed by atoms with Gasteiger partial charge < -0.3 is 5.11 Å². The summed E-state index contributed by atoms with van der Waals surface area (Å²) in [7, 11) is 0. The molecular formula is C10H13BrO. The molecule has 0 amide bonds. The molecule has 0 heterocycles. The van der Waals surface area contributed by atoms with Gasteiger partial charge in [0.2, 0.25) is 0 Å². The average molecular weight is 229 g/mol. The molecule has 1 rings (SSSR count). The third kappa shape index (κ3) is 2.61. The van der Waals surface area contributed by atoms with Gasteiger partial charge in [0.05, 0.1) is 6.10 Å². The van der Waals surface area contributed by atoms with Crippen LogP contribution >= 0.6 is 15.9 Å². The number of aliphatic hydroxyl groups excluding tert-OH is 1. The topological polar surface area (TPSA) is 20.2 Å². The highest BCUT2D eigenvalue weighted by Crippen LogP contribution is 2.17. The molecule has 0 aliphatic heterocycles. The predicted octanol–water partition coefficient (Wildman–Crippen LogP) is 2.68. The largest absolute Gasteiger partial charge is 0.393 e. The molecule has 2 heteroatoms. The Labute approximate surface area is 81.6 Å². The van der Waals surface area contributed by atoms with Crippen molar-refractivity contribution in [3.05, 3.63) is 33.8 Å². The van der Waals surface area contributed by atoms with Crippen molar-refractivity contribution in [3.8, 4) is 0 Å². The minimum Gasteiger partial charge on any atom is -0.393 e. The minimum absolute atomic E-state index is 0.266. The van der Waals surface area contributed by atoms with Crippen molar-refractivity contribution in [1.29, 1.82) is 0 Å². The molecule has 0 radical (unpaired) electrons. The maximum atomic E-state index is 9.21.